The van der Waals surface area contributed by atoms with Crippen molar-refractivity contribution in [3.8, 4) is 11.6 Å². The van der Waals surface area contributed by atoms with Crippen LogP contribution in [0, 0.1) is 45.1 Å². The zero-order valence-electron chi connectivity index (χ0n) is 37.0. The number of piperazine rings is 2. The number of ether oxygens (including phenoxy) is 1. The average Bonchev–Trinajstić information content (AvgIpc) is 3.88. The first-order valence-electron chi connectivity index (χ1n) is 21.1. The van der Waals surface area contributed by atoms with Gasteiger partial charge >= 0.3 is 0 Å². The summed E-state index contributed by atoms with van der Waals surface area (Å²) in [5.41, 5.74) is 7.94. The molecule has 14 heteroatoms. The molecule has 0 saturated carbocycles. The fourth-order valence-electron chi connectivity index (χ4n) is 7.10. The van der Waals surface area contributed by atoms with Crippen molar-refractivity contribution in [2.45, 2.75) is 68.7 Å². The molecule has 0 amide bonds. The SMILES string of the molecule is C/C=C(\C)N1CCNCC1.CCC.CCN1CCN(c2ccc(Nc3ncnc(Oc4cc(F)c5[nH]c(C)cc5c4F)c3Br)cc2)CC1.Cc1cc2c(C)c(C)cc(F)c2[nH]1. The van der Waals surface area contributed by atoms with Gasteiger partial charge in [-0.25, -0.2) is 23.1 Å². The molecule has 0 aliphatic carbocycles. The van der Waals surface area contributed by atoms with E-state index in [1.54, 1.807) is 13.0 Å². The summed E-state index contributed by atoms with van der Waals surface area (Å²) in [4.78, 5) is 21.4. The van der Waals surface area contributed by atoms with E-state index >= 15 is 0 Å². The number of nitrogens with zero attached hydrogens (tertiary/aromatic N) is 5. The predicted octanol–water partition coefficient (Wildman–Crippen LogP) is 11.4. The number of nitrogens with one attached hydrogen (secondary N) is 4. The Morgan fingerprint density at radius 2 is 1.41 bits per heavy atom. The normalized spacial score (nSPS) is 14.5. The van der Waals surface area contributed by atoms with Gasteiger partial charge in [-0.3, -0.25) is 0 Å². The lowest BCUT2D eigenvalue weighted by Gasteiger charge is -2.35. The summed E-state index contributed by atoms with van der Waals surface area (Å²) in [5, 5.41) is 7.67. The van der Waals surface area contributed by atoms with Crippen molar-refractivity contribution < 1.29 is 17.9 Å². The molecule has 6 aromatic rings. The molecule has 8 rings (SSSR count). The van der Waals surface area contributed by atoms with E-state index in [0.29, 0.717) is 21.5 Å². The van der Waals surface area contributed by atoms with E-state index in [4.69, 9.17) is 4.74 Å². The van der Waals surface area contributed by atoms with E-state index in [0.717, 1.165) is 92.9 Å². The third kappa shape index (κ3) is 12.1. The minimum absolute atomic E-state index is 0.0674. The third-order valence-corrected chi connectivity index (χ3v) is 11.5. The van der Waals surface area contributed by atoms with E-state index < -0.39 is 11.6 Å². The second-order valence-electron chi connectivity index (χ2n) is 15.4. The lowest BCUT2D eigenvalue weighted by Crippen LogP contribution is -2.46. The van der Waals surface area contributed by atoms with E-state index in [2.05, 4.69) is 114 Å². The topological polar surface area (TPSA) is 100 Å². The molecule has 5 heterocycles. The lowest BCUT2D eigenvalue weighted by molar-refractivity contribution is 0.271. The molecule has 328 valence electrons. The van der Waals surface area contributed by atoms with Crippen LogP contribution in [-0.4, -0.2) is 88.6 Å². The molecule has 0 unspecified atom stereocenters. The molecular weight excluding hydrogens is 843 g/mol. The number of benzene rings is 3. The van der Waals surface area contributed by atoms with E-state index in [9.17, 15) is 13.2 Å². The zero-order chi connectivity index (χ0) is 44.2. The molecule has 61 heavy (non-hydrogen) atoms. The largest absolute Gasteiger partial charge is 0.434 e. The molecule has 2 fully saturated rings. The standard InChI is InChI=1S/C25H25BrF2N6O.C11H12FN.C8H16N2.C3H8/c1-3-33-8-10-34(11-9-33)17-6-4-16(5-7-17)32-24-21(26)25(30-14-29-24)35-20-13-19(27)23-18(22(20)28)12-15(2)31-23;1-6-4-10(12)11-9(8(6)3)5-7(2)13-11;1-3-8(2)10-6-4-9-5-7-10;1-3-2/h4-7,12-14,31H,3,8-11H2,1-2H3,(H,29,30,32);4-5,13H,1-3H3;3,9H,4-7H2,1-2H3;3H2,1-2H3/b;;8-3+;. The molecule has 2 aliphatic heterocycles. The monoisotopic (exact) mass is 903 g/mol. The fourth-order valence-corrected chi connectivity index (χ4v) is 7.48. The van der Waals surface area contributed by atoms with E-state index in [1.807, 2.05) is 39.0 Å². The highest BCUT2D eigenvalue weighted by Crippen LogP contribution is 2.37. The number of fused-ring (bicyclic) bond motifs is 2. The van der Waals surface area contributed by atoms with Gasteiger partial charge in [-0.15, -0.1) is 0 Å². The van der Waals surface area contributed by atoms with E-state index in [-0.39, 0.29) is 28.3 Å². The van der Waals surface area contributed by atoms with Crippen LogP contribution in [0.15, 0.2) is 71.1 Å². The van der Waals surface area contributed by atoms with Gasteiger partial charge in [0, 0.05) is 97.7 Å². The summed E-state index contributed by atoms with van der Waals surface area (Å²) in [6, 6.07) is 14.2. The van der Waals surface area contributed by atoms with Gasteiger partial charge in [0.05, 0.1) is 11.0 Å². The van der Waals surface area contributed by atoms with Crippen molar-refractivity contribution >= 4 is 54.9 Å². The van der Waals surface area contributed by atoms with Gasteiger partial charge in [0.1, 0.15) is 16.6 Å². The second kappa shape index (κ2) is 22.2. The maximum absolute atomic E-state index is 15.0. The Morgan fingerprint density at radius 3 is 2.02 bits per heavy atom. The Bertz CT molecular complexity index is 2380. The molecule has 0 atom stereocenters. The van der Waals surface area contributed by atoms with Crippen molar-refractivity contribution in [3.63, 3.8) is 0 Å². The van der Waals surface area contributed by atoms with Crippen LogP contribution in [0.3, 0.4) is 0 Å². The third-order valence-electron chi connectivity index (χ3n) is 10.7. The van der Waals surface area contributed by atoms with Crippen LogP contribution in [0.4, 0.5) is 30.4 Å². The maximum atomic E-state index is 15.0. The number of H-pyrrole nitrogens is 2. The fraction of sp³-hybridized carbons (Fsp3) is 0.404. The smallest absolute Gasteiger partial charge is 0.239 e. The highest BCUT2D eigenvalue weighted by molar-refractivity contribution is 9.10. The van der Waals surface area contributed by atoms with Crippen LogP contribution in [-0.2, 0) is 0 Å². The number of hydrogen-bond donors (Lipinski definition) is 4. The Kier molecular flexibility index (Phi) is 17.1. The highest BCUT2D eigenvalue weighted by atomic mass is 79.9. The van der Waals surface area contributed by atoms with E-state index in [1.165, 1.54) is 30.2 Å². The summed E-state index contributed by atoms with van der Waals surface area (Å²) in [5.74, 6) is -1.18. The summed E-state index contributed by atoms with van der Waals surface area (Å²) in [6.45, 7) is 28.1. The van der Waals surface area contributed by atoms with Crippen LogP contribution in [0.25, 0.3) is 21.8 Å². The van der Waals surface area contributed by atoms with Crippen molar-refractivity contribution in [1.82, 2.24) is 35.1 Å². The molecule has 0 spiro atoms. The second-order valence-corrected chi connectivity index (χ2v) is 16.2. The first kappa shape index (κ1) is 47.0. The number of allylic oxidation sites excluding steroid dienone is 2. The van der Waals surface area contributed by atoms with Gasteiger partial charge in [-0.1, -0.05) is 33.3 Å². The van der Waals surface area contributed by atoms with Gasteiger partial charge in [0.2, 0.25) is 5.88 Å². The summed E-state index contributed by atoms with van der Waals surface area (Å²) < 4.78 is 48.9. The number of halogens is 4. The molecule has 3 aromatic heterocycles. The number of likely N-dealkylation sites (N-methyl/N-ethyl adjacent to an activating group) is 1. The van der Waals surface area contributed by atoms with Gasteiger partial charge in [0.25, 0.3) is 0 Å². The lowest BCUT2D eigenvalue weighted by atomic mass is 10.1. The van der Waals surface area contributed by atoms with Crippen molar-refractivity contribution in [3.05, 3.63) is 111 Å². The Labute approximate surface area is 367 Å². The Morgan fingerprint density at radius 1 is 0.820 bits per heavy atom. The van der Waals surface area contributed by atoms with Gasteiger partial charge in [-0.2, -0.15) is 0 Å². The summed E-state index contributed by atoms with van der Waals surface area (Å²) in [7, 11) is 0. The van der Waals surface area contributed by atoms with Crippen LogP contribution >= 0.6 is 15.9 Å². The molecule has 10 nitrogen and oxygen atoms in total. The number of aromatic amines is 2. The molecule has 2 saturated heterocycles. The summed E-state index contributed by atoms with van der Waals surface area (Å²) >= 11 is 3.43. The first-order chi connectivity index (χ1) is 29.3. The molecule has 0 bridgehead atoms. The maximum Gasteiger partial charge on any atom is 0.239 e. The number of hydrogen-bond acceptors (Lipinski definition) is 8. The molecule has 0 radical (unpaired) electrons. The van der Waals surface area contributed by atoms with Crippen LogP contribution in [0.5, 0.6) is 11.6 Å². The van der Waals surface area contributed by atoms with Gasteiger partial charge in [-0.05, 0) is 118 Å². The van der Waals surface area contributed by atoms with Gasteiger partial charge in [0.15, 0.2) is 23.2 Å². The zero-order valence-corrected chi connectivity index (χ0v) is 38.6. The molecular formula is C47H61BrF3N9O. The van der Waals surface area contributed by atoms with Crippen LogP contribution in [0.2, 0.25) is 0 Å². The summed E-state index contributed by atoms with van der Waals surface area (Å²) in [6.07, 6.45) is 4.72. The minimum atomic E-state index is -0.666. The van der Waals surface area contributed by atoms with Crippen LogP contribution < -0.4 is 20.3 Å². The number of aromatic nitrogens is 4. The van der Waals surface area contributed by atoms with Crippen molar-refractivity contribution in [1.29, 1.82) is 0 Å². The first-order valence-corrected chi connectivity index (χ1v) is 21.9. The van der Waals surface area contributed by atoms with Crippen molar-refractivity contribution in [2.75, 3.05) is 69.1 Å². The quantitative estimate of drug-likeness (QED) is 0.126. The highest BCUT2D eigenvalue weighted by Gasteiger charge is 2.20. The number of aryl methyl sites for hydroxylation is 4. The Hall–Kier alpha value is -5.05. The van der Waals surface area contributed by atoms with Crippen molar-refractivity contribution in [2.24, 2.45) is 0 Å². The Balaban J connectivity index is 0.000000219. The van der Waals surface area contributed by atoms with Crippen LogP contribution in [0.1, 0.15) is 63.6 Å². The molecule has 3 aromatic carbocycles. The number of anilines is 3. The molecule has 4 N–H and O–H groups in total. The number of rotatable bonds is 7. The average molecular weight is 905 g/mol. The minimum Gasteiger partial charge on any atom is -0.434 e. The predicted molar refractivity (Wildman–Crippen MR) is 249 cm³/mol. The van der Waals surface area contributed by atoms with Gasteiger partial charge < -0.3 is 40.0 Å². The molecule has 2 aliphatic rings.